The zero-order valence-electron chi connectivity index (χ0n) is 14.8. The minimum Gasteiger partial charge on any atom is -0.371 e. The largest absolute Gasteiger partial charge is 0.371 e. The monoisotopic (exact) mass is 364 g/mol. The molecule has 0 spiro atoms. The van der Waals surface area contributed by atoms with Gasteiger partial charge in [-0.25, -0.2) is 4.79 Å². The molecule has 0 unspecified atom stereocenters. The Morgan fingerprint density at radius 2 is 1.88 bits per heavy atom. The fraction of sp³-hybridized carbons (Fsp3) is 0.632. The first-order valence-corrected chi connectivity index (χ1v) is 9.83. The van der Waals surface area contributed by atoms with E-state index in [1.165, 1.54) is 31.6 Å². The second-order valence-corrected chi connectivity index (χ2v) is 7.55. The molecule has 2 saturated heterocycles. The number of carbonyl (C=O) groups excluding carboxylic acids is 1. The van der Waals surface area contributed by atoms with Crippen molar-refractivity contribution in [1.82, 2.24) is 15.5 Å². The smallest absolute Gasteiger partial charge is 0.314 e. The molecule has 2 amide bonds. The molecule has 1 aromatic rings. The van der Waals surface area contributed by atoms with Crippen LogP contribution in [0.3, 0.4) is 0 Å². The van der Waals surface area contributed by atoms with E-state index in [-0.39, 0.29) is 6.03 Å². The van der Waals surface area contributed by atoms with Gasteiger partial charge in [-0.2, -0.15) is 0 Å². The highest BCUT2D eigenvalue weighted by atomic mass is 35.5. The van der Waals surface area contributed by atoms with Gasteiger partial charge in [-0.15, -0.1) is 0 Å². The lowest BCUT2D eigenvalue weighted by atomic mass is 10.1. The van der Waals surface area contributed by atoms with Crippen LogP contribution in [0.5, 0.6) is 0 Å². The van der Waals surface area contributed by atoms with Crippen LogP contribution in [0.2, 0.25) is 5.02 Å². The highest BCUT2D eigenvalue weighted by Crippen LogP contribution is 2.24. The molecule has 3 rings (SSSR count). The van der Waals surface area contributed by atoms with E-state index in [0.29, 0.717) is 5.92 Å². The van der Waals surface area contributed by atoms with Crippen LogP contribution in [0.15, 0.2) is 24.3 Å². The summed E-state index contributed by atoms with van der Waals surface area (Å²) in [5.74, 6) is 0.506. The summed E-state index contributed by atoms with van der Waals surface area (Å²) < 4.78 is 0. The number of urea groups is 1. The third kappa shape index (κ3) is 5.79. The van der Waals surface area contributed by atoms with E-state index in [4.69, 9.17) is 11.6 Å². The average Bonchev–Trinajstić information content (AvgIpc) is 3.29. The molecule has 0 aromatic heterocycles. The van der Waals surface area contributed by atoms with Crippen molar-refractivity contribution in [1.29, 1.82) is 0 Å². The third-order valence-electron chi connectivity index (χ3n) is 5.16. The second kappa shape index (κ2) is 9.30. The van der Waals surface area contributed by atoms with Gasteiger partial charge in [-0.1, -0.05) is 11.6 Å². The fourth-order valence-electron chi connectivity index (χ4n) is 3.70. The molecule has 1 aromatic carbocycles. The van der Waals surface area contributed by atoms with Gasteiger partial charge >= 0.3 is 6.03 Å². The van der Waals surface area contributed by atoms with Crippen LogP contribution in [0.4, 0.5) is 10.5 Å². The van der Waals surface area contributed by atoms with E-state index in [1.54, 1.807) is 0 Å². The molecule has 0 aliphatic carbocycles. The molecule has 2 heterocycles. The molecular formula is C19H29ClN4O. The highest BCUT2D eigenvalue weighted by Gasteiger charge is 2.23. The molecule has 5 nitrogen and oxygen atoms in total. The number of rotatable bonds is 7. The summed E-state index contributed by atoms with van der Waals surface area (Å²) in [6.45, 7) is 7.04. The number of halogens is 1. The Morgan fingerprint density at radius 3 is 2.64 bits per heavy atom. The molecule has 0 bridgehead atoms. The van der Waals surface area contributed by atoms with Crippen LogP contribution in [0, 0.1) is 5.92 Å². The standard InChI is InChI=1S/C19H29ClN4O/c20-17-4-6-18(7-5-17)24-13-8-16(15-24)14-22-19(25)21-9-3-12-23-10-1-2-11-23/h4-7,16H,1-3,8-15H2,(H2,21,22,25)/t16-/m0/s1. The maximum Gasteiger partial charge on any atom is 0.314 e. The van der Waals surface area contributed by atoms with Crippen molar-refractivity contribution in [2.45, 2.75) is 25.7 Å². The molecule has 6 heteroatoms. The van der Waals surface area contributed by atoms with E-state index in [0.717, 1.165) is 50.6 Å². The number of hydrogen-bond donors (Lipinski definition) is 2. The summed E-state index contributed by atoms with van der Waals surface area (Å²) in [5, 5.41) is 6.76. The lowest BCUT2D eigenvalue weighted by Gasteiger charge is -2.19. The first-order chi connectivity index (χ1) is 12.2. The Balaban J connectivity index is 1.28. The molecule has 2 fully saturated rings. The predicted octanol–water partition coefficient (Wildman–Crippen LogP) is 2.95. The van der Waals surface area contributed by atoms with Gasteiger partial charge in [0.05, 0.1) is 0 Å². The minimum absolute atomic E-state index is 0.0358. The Bertz CT molecular complexity index is 545. The number of anilines is 1. The quantitative estimate of drug-likeness (QED) is 0.731. The maximum atomic E-state index is 11.9. The molecule has 25 heavy (non-hydrogen) atoms. The lowest BCUT2D eigenvalue weighted by Crippen LogP contribution is -2.39. The summed E-state index contributed by atoms with van der Waals surface area (Å²) in [4.78, 5) is 16.8. The van der Waals surface area contributed by atoms with Gasteiger partial charge in [0.25, 0.3) is 0 Å². The van der Waals surface area contributed by atoms with Crippen LogP contribution < -0.4 is 15.5 Å². The number of likely N-dealkylation sites (tertiary alicyclic amines) is 1. The Morgan fingerprint density at radius 1 is 1.12 bits per heavy atom. The molecule has 0 radical (unpaired) electrons. The van der Waals surface area contributed by atoms with E-state index in [9.17, 15) is 4.79 Å². The van der Waals surface area contributed by atoms with E-state index < -0.39 is 0 Å². The first-order valence-electron chi connectivity index (χ1n) is 9.45. The molecule has 1 atom stereocenters. The summed E-state index contributed by atoms with van der Waals surface area (Å²) in [6.07, 6.45) is 4.78. The number of amides is 2. The maximum absolute atomic E-state index is 11.9. The normalized spacial score (nSPS) is 20.8. The Hall–Kier alpha value is -1.46. The molecule has 2 N–H and O–H groups in total. The number of nitrogens with one attached hydrogen (secondary N) is 2. The minimum atomic E-state index is -0.0358. The van der Waals surface area contributed by atoms with Crippen molar-refractivity contribution in [3.63, 3.8) is 0 Å². The van der Waals surface area contributed by atoms with Crippen molar-refractivity contribution in [3.8, 4) is 0 Å². The van der Waals surface area contributed by atoms with Gasteiger partial charge in [0, 0.05) is 36.9 Å². The number of nitrogens with zero attached hydrogens (tertiary/aromatic N) is 2. The average molecular weight is 365 g/mol. The van der Waals surface area contributed by atoms with Gasteiger partial charge in [0.2, 0.25) is 0 Å². The molecule has 0 saturated carbocycles. The van der Waals surface area contributed by atoms with Crippen LogP contribution in [-0.2, 0) is 0 Å². The van der Waals surface area contributed by atoms with E-state index in [1.807, 2.05) is 12.1 Å². The summed E-state index contributed by atoms with van der Waals surface area (Å²) in [7, 11) is 0. The van der Waals surface area contributed by atoms with E-state index in [2.05, 4.69) is 32.6 Å². The van der Waals surface area contributed by atoms with Crippen molar-refractivity contribution in [3.05, 3.63) is 29.3 Å². The first kappa shape index (κ1) is 18.3. The summed E-state index contributed by atoms with van der Waals surface area (Å²) in [6, 6.07) is 7.94. The molecule has 2 aliphatic rings. The van der Waals surface area contributed by atoms with Crippen LogP contribution in [0.25, 0.3) is 0 Å². The number of hydrogen-bond acceptors (Lipinski definition) is 3. The topological polar surface area (TPSA) is 47.6 Å². The van der Waals surface area contributed by atoms with Gasteiger partial charge < -0.3 is 20.4 Å². The van der Waals surface area contributed by atoms with E-state index >= 15 is 0 Å². The van der Waals surface area contributed by atoms with Crippen LogP contribution in [0.1, 0.15) is 25.7 Å². The van der Waals surface area contributed by atoms with Crippen molar-refractivity contribution in [2.24, 2.45) is 5.92 Å². The lowest BCUT2D eigenvalue weighted by molar-refractivity contribution is 0.238. The van der Waals surface area contributed by atoms with Crippen molar-refractivity contribution >= 4 is 23.3 Å². The van der Waals surface area contributed by atoms with Crippen molar-refractivity contribution in [2.75, 3.05) is 50.7 Å². The number of carbonyl (C=O) groups is 1. The van der Waals surface area contributed by atoms with Gasteiger partial charge in [-0.05, 0) is 75.5 Å². The van der Waals surface area contributed by atoms with Gasteiger partial charge in [0.1, 0.15) is 0 Å². The summed E-state index contributed by atoms with van der Waals surface area (Å²) >= 11 is 5.94. The Labute approximate surface area is 155 Å². The predicted molar refractivity (Wildman–Crippen MR) is 103 cm³/mol. The van der Waals surface area contributed by atoms with Crippen LogP contribution >= 0.6 is 11.6 Å². The SMILES string of the molecule is O=C(NCCCN1CCCC1)NC[C@@H]1CCN(c2ccc(Cl)cc2)C1. The Kier molecular flexibility index (Phi) is 6.82. The van der Waals surface area contributed by atoms with Gasteiger partial charge in [-0.3, -0.25) is 0 Å². The third-order valence-corrected chi connectivity index (χ3v) is 5.42. The van der Waals surface area contributed by atoms with Crippen LogP contribution in [-0.4, -0.2) is 56.7 Å². The zero-order valence-corrected chi connectivity index (χ0v) is 15.6. The molecule has 2 aliphatic heterocycles. The zero-order chi connectivity index (χ0) is 17.5. The number of benzene rings is 1. The van der Waals surface area contributed by atoms with Gasteiger partial charge in [0.15, 0.2) is 0 Å². The highest BCUT2D eigenvalue weighted by molar-refractivity contribution is 6.30. The molecule has 138 valence electrons. The van der Waals surface area contributed by atoms with Crippen molar-refractivity contribution < 1.29 is 4.79 Å². The second-order valence-electron chi connectivity index (χ2n) is 7.12. The summed E-state index contributed by atoms with van der Waals surface area (Å²) in [5.41, 5.74) is 1.21. The fourth-order valence-corrected chi connectivity index (χ4v) is 3.82. The molecular weight excluding hydrogens is 336 g/mol.